The van der Waals surface area contributed by atoms with E-state index >= 15 is 0 Å². The van der Waals surface area contributed by atoms with Crippen LogP contribution >= 0.6 is 0 Å². The molecule has 5 heteroatoms. The number of benzene rings is 1. The number of aromatic nitrogens is 1. The highest BCUT2D eigenvalue weighted by Crippen LogP contribution is 2.52. The highest BCUT2D eigenvalue weighted by molar-refractivity contribution is 5.60. The fraction of sp³-hybridized carbons (Fsp3) is 0.348. The van der Waals surface area contributed by atoms with Crippen LogP contribution in [0, 0.1) is 28.9 Å². The van der Waals surface area contributed by atoms with Crippen molar-refractivity contribution < 1.29 is 13.2 Å². The van der Waals surface area contributed by atoms with Gasteiger partial charge in [0.25, 0.3) is 0 Å². The third-order valence-corrected chi connectivity index (χ3v) is 5.94. The van der Waals surface area contributed by atoms with Crippen LogP contribution in [0.5, 0.6) is 0 Å². The van der Waals surface area contributed by atoms with Crippen LogP contribution < -0.4 is 5.56 Å². The molecule has 1 aromatic heterocycles. The van der Waals surface area contributed by atoms with Crippen molar-refractivity contribution in [2.24, 2.45) is 17.3 Å². The van der Waals surface area contributed by atoms with Crippen molar-refractivity contribution in [3.05, 3.63) is 82.2 Å². The minimum Gasteiger partial charge on any atom is -0.322 e. The molecule has 0 bridgehead atoms. The monoisotopic (exact) mass is 385 g/mol. The number of hydrogen-bond acceptors (Lipinski definition) is 1. The summed E-state index contributed by atoms with van der Waals surface area (Å²) in [5.74, 6) is -0.955. The number of alkyl halides is 1. The lowest BCUT2D eigenvalue weighted by Gasteiger charge is -2.27. The summed E-state index contributed by atoms with van der Waals surface area (Å²) in [6.07, 6.45) is 10.8. The molecule has 2 aliphatic carbocycles. The lowest BCUT2D eigenvalue weighted by molar-refractivity contribution is 0.269. The van der Waals surface area contributed by atoms with E-state index in [0.29, 0.717) is 12.0 Å². The second-order valence-electron chi connectivity index (χ2n) is 7.99. The first-order valence-electron chi connectivity index (χ1n) is 9.58. The van der Waals surface area contributed by atoms with Crippen LogP contribution in [-0.4, -0.2) is 11.7 Å². The van der Waals surface area contributed by atoms with E-state index in [0.717, 1.165) is 25.3 Å². The maximum absolute atomic E-state index is 14.8. The first-order valence-corrected chi connectivity index (χ1v) is 9.58. The molecule has 0 aliphatic heterocycles. The molecule has 2 atom stereocenters. The van der Waals surface area contributed by atoms with Crippen LogP contribution in [0.25, 0.3) is 11.3 Å². The summed E-state index contributed by atoms with van der Waals surface area (Å²) in [7, 11) is 0. The van der Waals surface area contributed by atoms with E-state index in [1.807, 2.05) is 18.2 Å². The molecule has 2 aliphatic rings. The molecule has 0 saturated heterocycles. The third kappa shape index (κ3) is 3.84. The summed E-state index contributed by atoms with van der Waals surface area (Å²) < 4.78 is 42.7. The Hall–Kier alpha value is -2.56. The second-order valence-corrected chi connectivity index (χ2v) is 7.99. The molecule has 28 heavy (non-hydrogen) atoms. The number of H-pyrrole nitrogens is 1. The molecule has 1 heterocycles. The van der Waals surface area contributed by atoms with Gasteiger partial charge in [-0.15, -0.1) is 0 Å². The van der Waals surface area contributed by atoms with Crippen LogP contribution in [-0.2, 0) is 6.42 Å². The highest BCUT2D eigenvalue weighted by Gasteiger charge is 2.45. The Bertz CT molecular complexity index is 988. The van der Waals surface area contributed by atoms with Gasteiger partial charge in [0.15, 0.2) is 0 Å². The van der Waals surface area contributed by atoms with Crippen molar-refractivity contribution in [2.45, 2.75) is 25.7 Å². The lowest BCUT2D eigenvalue weighted by Crippen LogP contribution is -2.21. The summed E-state index contributed by atoms with van der Waals surface area (Å²) in [5, 5.41) is 0. The molecule has 146 valence electrons. The van der Waals surface area contributed by atoms with Gasteiger partial charge >= 0.3 is 0 Å². The number of hydrogen-bond donors (Lipinski definition) is 1. The first kappa shape index (κ1) is 18.8. The van der Waals surface area contributed by atoms with E-state index in [9.17, 15) is 18.0 Å². The van der Waals surface area contributed by atoms with Crippen LogP contribution in [0.2, 0.25) is 0 Å². The van der Waals surface area contributed by atoms with Gasteiger partial charge in [-0.05, 0) is 66.7 Å². The topological polar surface area (TPSA) is 32.9 Å². The Kier molecular flexibility index (Phi) is 5.00. The minimum absolute atomic E-state index is 0.00491. The summed E-state index contributed by atoms with van der Waals surface area (Å²) in [6.45, 7) is -0.319. The van der Waals surface area contributed by atoms with Crippen molar-refractivity contribution in [3.8, 4) is 11.3 Å². The number of rotatable bonds is 6. The van der Waals surface area contributed by atoms with Crippen molar-refractivity contribution in [1.29, 1.82) is 0 Å². The van der Waals surface area contributed by atoms with Gasteiger partial charge in [-0.2, -0.15) is 0 Å². The van der Waals surface area contributed by atoms with Gasteiger partial charge in [0.05, 0.1) is 12.4 Å². The van der Waals surface area contributed by atoms with E-state index in [1.165, 1.54) is 24.3 Å². The van der Waals surface area contributed by atoms with Crippen LogP contribution in [0.3, 0.4) is 0 Å². The number of halogens is 3. The fourth-order valence-electron chi connectivity index (χ4n) is 4.02. The average molecular weight is 385 g/mol. The average Bonchev–Trinajstić information content (AvgIpc) is 3.46. The molecular formula is C23H22F3NO. The maximum Gasteiger partial charge on any atom is 0.248 e. The molecule has 0 amide bonds. The summed E-state index contributed by atoms with van der Waals surface area (Å²) in [5.41, 5.74) is -0.0215. The molecule has 2 unspecified atom stereocenters. The number of pyridine rings is 1. The summed E-state index contributed by atoms with van der Waals surface area (Å²) >= 11 is 0. The molecule has 2 nitrogen and oxygen atoms in total. The predicted molar refractivity (Wildman–Crippen MR) is 104 cm³/mol. The molecular weight excluding hydrogens is 363 g/mol. The zero-order valence-corrected chi connectivity index (χ0v) is 15.4. The second kappa shape index (κ2) is 7.46. The first-order chi connectivity index (χ1) is 13.5. The van der Waals surface area contributed by atoms with Gasteiger partial charge in [-0.1, -0.05) is 30.4 Å². The molecule has 4 rings (SSSR count). The molecule has 1 saturated carbocycles. The third-order valence-electron chi connectivity index (χ3n) is 5.94. The number of allylic oxidation sites excluding steroid dienone is 4. The molecule has 0 spiro atoms. The molecule has 2 aromatic rings. The standard InChI is InChI=1S/C23H22F3NO/c24-14-23(8-9-23)13-16-5-2-1-4-15(16)10-17-11-20(26)18(12-19(17)25)21-6-3-7-22(28)27-21/h1-7,11-12,15-16H,8-10,13-14H2,(H,27,28). The molecule has 0 radical (unpaired) electrons. The minimum atomic E-state index is -0.576. The number of aromatic amines is 1. The fourth-order valence-corrected chi connectivity index (χ4v) is 4.02. The largest absolute Gasteiger partial charge is 0.322 e. The van der Waals surface area contributed by atoms with Crippen LogP contribution in [0.15, 0.2) is 59.4 Å². The van der Waals surface area contributed by atoms with E-state index in [4.69, 9.17) is 0 Å². The highest BCUT2D eigenvalue weighted by atomic mass is 19.1. The van der Waals surface area contributed by atoms with Crippen LogP contribution in [0.4, 0.5) is 13.2 Å². The van der Waals surface area contributed by atoms with E-state index in [-0.39, 0.29) is 40.7 Å². The van der Waals surface area contributed by atoms with Crippen molar-refractivity contribution in [1.82, 2.24) is 4.98 Å². The summed E-state index contributed by atoms with van der Waals surface area (Å²) in [4.78, 5) is 14.0. The van der Waals surface area contributed by atoms with Crippen molar-refractivity contribution in [2.75, 3.05) is 6.67 Å². The smallest absolute Gasteiger partial charge is 0.248 e. The zero-order chi connectivity index (χ0) is 19.7. The Morgan fingerprint density at radius 2 is 1.79 bits per heavy atom. The normalized spacial score (nSPS) is 22.4. The van der Waals surface area contributed by atoms with Crippen molar-refractivity contribution in [3.63, 3.8) is 0 Å². The van der Waals surface area contributed by atoms with Crippen molar-refractivity contribution >= 4 is 0 Å². The summed E-state index contributed by atoms with van der Waals surface area (Å²) in [6, 6.07) is 6.70. The Balaban J connectivity index is 1.57. The van der Waals surface area contributed by atoms with Crippen LogP contribution in [0.1, 0.15) is 24.8 Å². The quantitative estimate of drug-likeness (QED) is 0.713. The van der Waals surface area contributed by atoms with Gasteiger partial charge in [0.2, 0.25) is 5.56 Å². The molecule has 1 N–H and O–H groups in total. The maximum atomic E-state index is 14.8. The Labute approximate surface area is 161 Å². The Morgan fingerprint density at radius 1 is 1.04 bits per heavy atom. The molecule has 1 fully saturated rings. The van der Waals surface area contributed by atoms with Gasteiger partial charge in [0.1, 0.15) is 11.6 Å². The number of nitrogens with one attached hydrogen (secondary N) is 1. The lowest BCUT2D eigenvalue weighted by atomic mass is 9.78. The van der Waals surface area contributed by atoms with Gasteiger partial charge in [0, 0.05) is 11.6 Å². The van der Waals surface area contributed by atoms with E-state index in [2.05, 4.69) is 11.1 Å². The SMILES string of the molecule is O=c1cccc(-c2cc(F)c(CC3C=CC=CC3CC3(CF)CC3)cc2F)[nH]1. The van der Waals surface area contributed by atoms with Gasteiger partial charge < -0.3 is 4.98 Å². The predicted octanol–water partition coefficient (Wildman–Crippen LogP) is 5.36. The Morgan fingerprint density at radius 3 is 2.46 bits per heavy atom. The van der Waals surface area contributed by atoms with E-state index < -0.39 is 11.6 Å². The van der Waals surface area contributed by atoms with Gasteiger partial charge in [-0.3, -0.25) is 9.18 Å². The van der Waals surface area contributed by atoms with Gasteiger partial charge in [-0.25, -0.2) is 8.78 Å². The van der Waals surface area contributed by atoms with E-state index in [1.54, 1.807) is 0 Å². The zero-order valence-electron chi connectivity index (χ0n) is 15.4. The molecule has 1 aromatic carbocycles.